The number of anilines is 1. The first-order valence-electron chi connectivity index (χ1n) is 9.29. The molecule has 28 heavy (non-hydrogen) atoms. The molecule has 2 aromatic heterocycles. The van der Waals surface area contributed by atoms with Gasteiger partial charge in [-0.05, 0) is 44.4 Å². The molecule has 0 saturated heterocycles. The summed E-state index contributed by atoms with van der Waals surface area (Å²) in [5.74, 6) is 0.473. The lowest BCUT2D eigenvalue weighted by Crippen LogP contribution is -2.47. The van der Waals surface area contributed by atoms with Gasteiger partial charge >= 0.3 is 0 Å². The van der Waals surface area contributed by atoms with Crippen LogP contribution in [0.3, 0.4) is 0 Å². The third kappa shape index (κ3) is 5.91. The highest BCUT2D eigenvalue weighted by atomic mass is 127. The first-order valence-corrected chi connectivity index (χ1v) is 9.29. The zero-order valence-corrected chi connectivity index (χ0v) is 18.8. The van der Waals surface area contributed by atoms with E-state index in [2.05, 4.69) is 46.0 Å². The predicted octanol–water partition coefficient (Wildman–Crippen LogP) is 2.14. The molecule has 3 rings (SSSR count). The number of aromatic nitrogens is 3. The highest BCUT2D eigenvalue weighted by Crippen LogP contribution is 2.21. The minimum atomic E-state index is -0.146. The van der Waals surface area contributed by atoms with E-state index in [9.17, 15) is 4.79 Å². The van der Waals surface area contributed by atoms with Gasteiger partial charge in [0.05, 0.1) is 24.1 Å². The summed E-state index contributed by atoms with van der Waals surface area (Å²) in [6.07, 6.45) is 8.31. The number of halogens is 1. The number of hydrogen-bond acceptors (Lipinski definition) is 4. The average Bonchev–Trinajstić information content (AvgIpc) is 3.09. The quantitative estimate of drug-likeness (QED) is 0.334. The zero-order valence-electron chi connectivity index (χ0n) is 16.5. The Bertz CT molecular complexity index is 804. The summed E-state index contributed by atoms with van der Waals surface area (Å²) in [6.45, 7) is 4.40. The summed E-state index contributed by atoms with van der Waals surface area (Å²) in [7, 11) is 1.70. The van der Waals surface area contributed by atoms with Crippen LogP contribution in [0.25, 0.3) is 0 Å². The average molecular weight is 497 g/mol. The monoisotopic (exact) mass is 497 g/mol. The third-order valence-electron chi connectivity index (χ3n) is 4.55. The molecule has 1 atom stereocenters. The van der Waals surface area contributed by atoms with Crippen LogP contribution >= 0.6 is 24.0 Å². The van der Waals surface area contributed by atoms with Crippen LogP contribution in [0.5, 0.6) is 0 Å². The molecule has 9 heteroatoms. The Morgan fingerprint density at radius 2 is 2.25 bits per heavy atom. The smallest absolute Gasteiger partial charge is 0.243 e. The number of guanidine groups is 1. The lowest BCUT2D eigenvalue weighted by atomic mass is 9.94. The number of aryl methyl sites for hydroxylation is 1. The van der Waals surface area contributed by atoms with E-state index in [1.807, 2.05) is 4.68 Å². The van der Waals surface area contributed by atoms with Gasteiger partial charge in [0, 0.05) is 37.9 Å². The van der Waals surface area contributed by atoms with E-state index < -0.39 is 0 Å². The predicted molar refractivity (Wildman–Crippen MR) is 121 cm³/mol. The standard InChI is InChI=1S/C19H27N7O.HI/c1-13(2)26-12-14-6-7-15(9-17(14)25-26)24-19(20-3)22-11-18(27)23-16-5-4-8-21-10-16;/h4-5,8,10,12-13,15H,6-7,9,11H2,1-3H3,(H,23,27)(H2,20,22,24);1H. The maximum absolute atomic E-state index is 12.1. The van der Waals surface area contributed by atoms with Crippen molar-refractivity contribution in [2.75, 3.05) is 18.9 Å². The molecule has 8 nitrogen and oxygen atoms in total. The minimum absolute atomic E-state index is 0. The van der Waals surface area contributed by atoms with E-state index in [0.29, 0.717) is 17.7 Å². The van der Waals surface area contributed by atoms with Crippen LogP contribution in [0, 0.1) is 0 Å². The molecular formula is C19H28IN7O. The topological polar surface area (TPSA) is 96.2 Å². The van der Waals surface area contributed by atoms with Crippen molar-refractivity contribution in [1.82, 2.24) is 25.4 Å². The fraction of sp³-hybridized carbons (Fsp3) is 0.474. The number of hydrogen-bond donors (Lipinski definition) is 3. The number of pyridine rings is 1. The summed E-state index contributed by atoms with van der Waals surface area (Å²) in [6, 6.07) is 4.20. The van der Waals surface area contributed by atoms with Crippen LogP contribution in [0.1, 0.15) is 37.6 Å². The SMILES string of the molecule is CN=C(NCC(=O)Nc1cccnc1)NC1CCc2cn(C(C)C)nc2C1.I. The Kier molecular flexibility index (Phi) is 8.21. The number of fused-ring (bicyclic) bond motifs is 1. The van der Waals surface area contributed by atoms with Crippen LogP contribution in [0.15, 0.2) is 35.7 Å². The number of carbonyl (C=O) groups excluding carboxylic acids is 1. The van der Waals surface area contributed by atoms with Crippen molar-refractivity contribution >= 4 is 41.5 Å². The maximum Gasteiger partial charge on any atom is 0.243 e. The summed E-state index contributed by atoms with van der Waals surface area (Å²) < 4.78 is 2.03. The van der Waals surface area contributed by atoms with E-state index in [0.717, 1.165) is 25.0 Å². The number of nitrogens with one attached hydrogen (secondary N) is 3. The van der Waals surface area contributed by atoms with Crippen LogP contribution in [0.2, 0.25) is 0 Å². The number of amides is 1. The first-order chi connectivity index (χ1) is 13.0. The Labute approximate surface area is 182 Å². The van der Waals surface area contributed by atoms with Crippen molar-refractivity contribution in [2.45, 2.75) is 45.2 Å². The Hall–Kier alpha value is -2.17. The van der Waals surface area contributed by atoms with E-state index in [4.69, 9.17) is 5.10 Å². The van der Waals surface area contributed by atoms with Gasteiger partial charge in [0.15, 0.2) is 5.96 Å². The van der Waals surface area contributed by atoms with Crippen molar-refractivity contribution in [3.8, 4) is 0 Å². The summed E-state index contributed by atoms with van der Waals surface area (Å²) in [4.78, 5) is 20.3. The second-order valence-electron chi connectivity index (χ2n) is 6.97. The number of rotatable bonds is 5. The Morgan fingerprint density at radius 3 is 2.93 bits per heavy atom. The highest BCUT2D eigenvalue weighted by molar-refractivity contribution is 14.0. The molecular weight excluding hydrogens is 469 g/mol. The van der Waals surface area contributed by atoms with Gasteiger partial charge in [0.2, 0.25) is 5.91 Å². The summed E-state index contributed by atoms with van der Waals surface area (Å²) in [5.41, 5.74) is 3.16. The molecule has 152 valence electrons. The van der Waals surface area contributed by atoms with Gasteiger partial charge in [-0.1, -0.05) is 0 Å². The van der Waals surface area contributed by atoms with Gasteiger partial charge < -0.3 is 16.0 Å². The molecule has 2 aromatic rings. The molecule has 3 N–H and O–H groups in total. The van der Waals surface area contributed by atoms with Crippen LogP contribution in [-0.2, 0) is 17.6 Å². The number of aliphatic imine (C=N–C) groups is 1. The number of carbonyl (C=O) groups is 1. The van der Waals surface area contributed by atoms with E-state index in [-0.39, 0.29) is 42.5 Å². The molecule has 1 aliphatic rings. The van der Waals surface area contributed by atoms with Crippen LogP contribution in [-0.4, -0.2) is 46.3 Å². The molecule has 0 aliphatic heterocycles. The van der Waals surface area contributed by atoms with Crippen LogP contribution < -0.4 is 16.0 Å². The van der Waals surface area contributed by atoms with Gasteiger partial charge in [-0.25, -0.2) is 0 Å². The fourth-order valence-electron chi connectivity index (χ4n) is 3.09. The van der Waals surface area contributed by atoms with Crippen molar-refractivity contribution in [3.05, 3.63) is 42.0 Å². The molecule has 2 heterocycles. The van der Waals surface area contributed by atoms with Crippen molar-refractivity contribution < 1.29 is 4.79 Å². The fourth-order valence-corrected chi connectivity index (χ4v) is 3.09. The molecule has 0 saturated carbocycles. The lowest BCUT2D eigenvalue weighted by molar-refractivity contribution is -0.115. The van der Waals surface area contributed by atoms with Gasteiger partial charge in [-0.2, -0.15) is 5.10 Å². The normalized spacial score (nSPS) is 16.1. The summed E-state index contributed by atoms with van der Waals surface area (Å²) >= 11 is 0. The molecule has 0 aromatic carbocycles. The highest BCUT2D eigenvalue weighted by Gasteiger charge is 2.23. The van der Waals surface area contributed by atoms with E-state index in [1.165, 1.54) is 5.56 Å². The number of nitrogens with zero attached hydrogens (tertiary/aromatic N) is 4. The molecule has 1 aliphatic carbocycles. The lowest BCUT2D eigenvalue weighted by Gasteiger charge is -2.24. The largest absolute Gasteiger partial charge is 0.353 e. The molecule has 0 bridgehead atoms. The molecule has 0 fully saturated rings. The van der Waals surface area contributed by atoms with Gasteiger partial charge in [0.1, 0.15) is 0 Å². The molecule has 1 unspecified atom stereocenters. The van der Waals surface area contributed by atoms with Crippen molar-refractivity contribution in [1.29, 1.82) is 0 Å². The molecule has 0 spiro atoms. The molecule has 1 amide bonds. The Morgan fingerprint density at radius 1 is 1.43 bits per heavy atom. The summed E-state index contributed by atoms with van der Waals surface area (Å²) in [5, 5.41) is 14.0. The van der Waals surface area contributed by atoms with Gasteiger partial charge in [-0.3, -0.25) is 19.5 Å². The second kappa shape index (κ2) is 10.4. The van der Waals surface area contributed by atoms with Crippen molar-refractivity contribution in [3.63, 3.8) is 0 Å². The van der Waals surface area contributed by atoms with Crippen molar-refractivity contribution in [2.24, 2.45) is 4.99 Å². The third-order valence-corrected chi connectivity index (χ3v) is 4.55. The van der Waals surface area contributed by atoms with Gasteiger partial charge in [-0.15, -0.1) is 24.0 Å². The Balaban J connectivity index is 0.00000280. The second-order valence-corrected chi connectivity index (χ2v) is 6.97. The maximum atomic E-state index is 12.1. The van der Waals surface area contributed by atoms with E-state index >= 15 is 0 Å². The van der Waals surface area contributed by atoms with Gasteiger partial charge in [0.25, 0.3) is 0 Å². The van der Waals surface area contributed by atoms with Crippen LogP contribution in [0.4, 0.5) is 5.69 Å². The van der Waals surface area contributed by atoms with E-state index in [1.54, 1.807) is 31.6 Å². The molecule has 0 radical (unpaired) electrons. The zero-order chi connectivity index (χ0) is 19.2. The first kappa shape index (κ1) is 22.1. The minimum Gasteiger partial charge on any atom is -0.353 e.